The van der Waals surface area contributed by atoms with Crippen molar-refractivity contribution in [1.29, 1.82) is 0 Å². The van der Waals surface area contributed by atoms with Gasteiger partial charge in [-0.1, -0.05) is 18.2 Å². The molecule has 0 saturated carbocycles. The van der Waals surface area contributed by atoms with E-state index in [0.717, 1.165) is 11.1 Å². The molecule has 0 aliphatic heterocycles. The lowest BCUT2D eigenvalue weighted by Gasteiger charge is -2.06. The normalized spacial score (nSPS) is 11.0. The molecule has 0 amide bonds. The molecule has 2 aromatic heterocycles. The Morgan fingerprint density at radius 1 is 1.32 bits per heavy atom. The lowest BCUT2D eigenvalue weighted by Crippen LogP contribution is -2.02. The third-order valence-corrected chi connectivity index (χ3v) is 3.03. The van der Waals surface area contributed by atoms with Crippen molar-refractivity contribution in [3.8, 4) is 5.75 Å². The predicted octanol–water partition coefficient (Wildman–Crippen LogP) is 1.54. The zero-order valence-electron chi connectivity index (χ0n) is 10.4. The largest absolute Gasteiger partial charge is 0.507 e. The summed E-state index contributed by atoms with van der Waals surface area (Å²) in [5.74, 6) is 1.18. The summed E-state index contributed by atoms with van der Waals surface area (Å²) < 4.78 is 0. The minimum atomic E-state index is 0.270. The number of nitrogens with one attached hydrogen (secondary N) is 1. The number of rotatable bonds is 2. The second kappa shape index (κ2) is 4.24. The first-order valence-electron chi connectivity index (χ1n) is 5.88. The summed E-state index contributed by atoms with van der Waals surface area (Å²) in [5.41, 5.74) is 8.61. The molecule has 6 nitrogen and oxygen atoms in total. The molecule has 0 saturated heterocycles. The number of H-pyrrole nitrogens is 1. The number of phenols is 1. The zero-order chi connectivity index (χ0) is 13.4. The molecule has 3 aromatic rings. The van der Waals surface area contributed by atoms with Crippen molar-refractivity contribution in [1.82, 2.24) is 19.9 Å². The van der Waals surface area contributed by atoms with Crippen LogP contribution < -0.4 is 5.73 Å². The number of hydrogen-bond donors (Lipinski definition) is 3. The molecule has 0 bridgehead atoms. The third kappa shape index (κ3) is 1.97. The number of imidazole rings is 1. The van der Waals surface area contributed by atoms with Crippen molar-refractivity contribution in [3.05, 3.63) is 41.5 Å². The molecule has 2 heterocycles. The fraction of sp³-hybridized carbons (Fsp3) is 0.154. The van der Waals surface area contributed by atoms with Gasteiger partial charge in [-0.05, 0) is 12.5 Å². The first kappa shape index (κ1) is 11.5. The van der Waals surface area contributed by atoms with E-state index < -0.39 is 0 Å². The highest BCUT2D eigenvalue weighted by molar-refractivity contribution is 5.80. The van der Waals surface area contributed by atoms with Crippen molar-refractivity contribution in [2.45, 2.75) is 13.3 Å². The van der Waals surface area contributed by atoms with Crippen LogP contribution in [0.1, 0.15) is 17.0 Å². The van der Waals surface area contributed by atoms with Gasteiger partial charge in [0, 0.05) is 12.0 Å². The van der Waals surface area contributed by atoms with E-state index in [4.69, 9.17) is 5.73 Å². The first-order valence-corrected chi connectivity index (χ1v) is 5.88. The van der Waals surface area contributed by atoms with Gasteiger partial charge in [0.05, 0.1) is 6.33 Å². The fourth-order valence-corrected chi connectivity index (χ4v) is 2.01. The van der Waals surface area contributed by atoms with Gasteiger partial charge in [-0.3, -0.25) is 0 Å². The highest BCUT2D eigenvalue weighted by atomic mass is 16.3. The first-order chi connectivity index (χ1) is 9.15. The predicted molar refractivity (Wildman–Crippen MR) is 71.7 cm³/mol. The molecular weight excluding hydrogens is 242 g/mol. The molecule has 0 aliphatic carbocycles. The summed E-state index contributed by atoms with van der Waals surface area (Å²) in [6, 6.07) is 5.59. The highest BCUT2D eigenvalue weighted by Crippen LogP contribution is 2.24. The number of fused-ring (bicyclic) bond motifs is 1. The van der Waals surface area contributed by atoms with E-state index >= 15 is 0 Å². The Balaban J connectivity index is 2.03. The minimum absolute atomic E-state index is 0.270. The molecule has 6 heteroatoms. The summed E-state index contributed by atoms with van der Waals surface area (Å²) in [5, 5.41) is 9.99. The minimum Gasteiger partial charge on any atom is -0.507 e. The van der Waals surface area contributed by atoms with E-state index in [1.165, 1.54) is 6.33 Å². The number of nitrogen functional groups attached to an aromatic ring is 1. The number of hydrogen-bond acceptors (Lipinski definition) is 5. The Hall–Kier alpha value is -2.63. The number of benzene rings is 1. The second-order valence-electron chi connectivity index (χ2n) is 4.39. The zero-order valence-corrected chi connectivity index (χ0v) is 10.4. The lowest BCUT2D eigenvalue weighted by atomic mass is 10.1. The maximum Gasteiger partial charge on any atom is 0.183 e. The molecule has 96 valence electrons. The lowest BCUT2D eigenvalue weighted by molar-refractivity contribution is 0.465. The molecule has 4 N–H and O–H groups in total. The number of aryl methyl sites for hydroxylation is 1. The van der Waals surface area contributed by atoms with Crippen LogP contribution in [0.5, 0.6) is 5.75 Å². The van der Waals surface area contributed by atoms with Crippen LogP contribution in [-0.4, -0.2) is 25.0 Å². The number of anilines is 1. The van der Waals surface area contributed by atoms with Crippen molar-refractivity contribution in [3.63, 3.8) is 0 Å². The second-order valence-corrected chi connectivity index (χ2v) is 4.39. The number of aromatic nitrogens is 4. The van der Waals surface area contributed by atoms with Crippen LogP contribution in [0.2, 0.25) is 0 Å². The van der Waals surface area contributed by atoms with Gasteiger partial charge in [0.2, 0.25) is 0 Å². The third-order valence-electron chi connectivity index (χ3n) is 3.03. The Morgan fingerprint density at radius 2 is 2.16 bits per heavy atom. The summed E-state index contributed by atoms with van der Waals surface area (Å²) >= 11 is 0. The van der Waals surface area contributed by atoms with Crippen LogP contribution in [-0.2, 0) is 6.42 Å². The van der Waals surface area contributed by atoms with Gasteiger partial charge in [-0.25, -0.2) is 15.0 Å². The number of aromatic hydroxyl groups is 1. The van der Waals surface area contributed by atoms with Crippen molar-refractivity contribution < 1.29 is 5.11 Å². The number of aromatic amines is 1. The van der Waals surface area contributed by atoms with E-state index in [1.807, 2.05) is 25.1 Å². The van der Waals surface area contributed by atoms with Crippen molar-refractivity contribution in [2.75, 3.05) is 5.73 Å². The smallest absolute Gasteiger partial charge is 0.183 e. The van der Waals surface area contributed by atoms with Crippen molar-refractivity contribution >= 4 is 17.0 Å². The van der Waals surface area contributed by atoms with Gasteiger partial charge in [0.1, 0.15) is 17.1 Å². The maximum absolute atomic E-state index is 9.99. The number of phenolic OH excluding ortho intramolecular Hbond substituents is 1. The SMILES string of the molecule is Cc1cccc(Cc2nc(N)c3[nH]cnc3n2)c1O. The average Bonchev–Trinajstić information content (AvgIpc) is 2.84. The summed E-state index contributed by atoms with van der Waals surface area (Å²) in [4.78, 5) is 15.5. The van der Waals surface area contributed by atoms with E-state index in [-0.39, 0.29) is 5.75 Å². The van der Waals surface area contributed by atoms with Crippen LogP contribution in [0.4, 0.5) is 5.82 Å². The van der Waals surface area contributed by atoms with Crippen molar-refractivity contribution in [2.24, 2.45) is 0 Å². The highest BCUT2D eigenvalue weighted by Gasteiger charge is 2.10. The van der Waals surface area contributed by atoms with E-state index in [0.29, 0.717) is 29.2 Å². The number of para-hydroxylation sites is 1. The van der Waals surface area contributed by atoms with Gasteiger partial charge in [-0.2, -0.15) is 0 Å². The Bertz CT molecular complexity index is 750. The van der Waals surface area contributed by atoms with Crippen LogP contribution in [0.15, 0.2) is 24.5 Å². The van der Waals surface area contributed by atoms with Gasteiger partial charge < -0.3 is 15.8 Å². The van der Waals surface area contributed by atoms with E-state index in [1.54, 1.807) is 0 Å². The molecule has 0 unspecified atom stereocenters. The average molecular weight is 255 g/mol. The van der Waals surface area contributed by atoms with Gasteiger partial charge in [0.25, 0.3) is 0 Å². The standard InChI is InChI=1S/C13H13N5O/c1-7-3-2-4-8(11(7)19)5-9-17-12(14)10-13(18-9)16-6-15-10/h2-4,6,19H,5H2,1H3,(H3,14,15,16,17,18). The van der Waals surface area contributed by atoms with Gasteiger partial charge in [-0.15, -0.1) is 0 Å². The summed E-state index contributed by atoms with van der Waals surface area (Å²) in [7, 11) is 0. The molecule has 3 rings (SSSR count). The molecule has 0 fully saturated rings. The number of nitrogens with two attached hydrogens (primary N) is 1. The van der Waals surface area contributed by atoms with Gasteiger partial charge in [0.15, 0.2) is 11.5 Å². The van der Waals surface area contributed by atoms with E-state index in [9.17, 15) is 5.11 Å². The van der Waals surface area contributed by atoms with Crippen LogP contribution >= 0.6 is 0 Å². The van der Waals surface area contributed by atoms with Crippen LogP contribution in [0, 0.1) is 6.92 Å². The molecule has 0 aliphatic rings. The molecule has 1 aromatic carbocycles. The Kier molecular flexibility index (Phi) is 2.56. The van der Waals surface area contributed by atoms with Crippen LogP contribution in [0.3, 0.4) is 0 Å². The number of nitrogens with zero attached hydrogens (tertiary/aromatic N) is 3. The summed E-state index contributed by atoms with van der Waals surface area (Å²) in [6.07, 6.45) is 1.95. The quantitative estimate of drug-likeness (QED) is 0.644. The molecular formula is C13H13N5O. The monoisotopic (exact) mass is 255 g/mol. The topological polar surface area (TPSA) is 101 Å². The van der Waals surface area contributed by atoms with E-state index in [2.05, 4.69) is 19.9 Å². The molecule has 0 atom stereocenters. The fourth-order valence-electron chi connectivity index (χ4n) is 2.01. The van der Waals surface area contributed by atoms with Gasteiger partial charge >= 0.3 is 0 Å². The molecule has 19 heavy (non-hydrogen) atoms. The molecule has 0 radical (unpaired) electrons. The molecule has 0 spiro atoms. The van der Waals surface area contributed by atoms with Crippen LogP contribution in [0.25, 0.3) is 11.2 Å². The Morgan fingerprint density at radius 3 is 3.00 bits per heavy atom. The Labute approximate surface area is 109 Å². The summed E-state index contributed by atoms with van der Waals surface area (Å²) in [6.45, 7) is 1.85. The maximum atomic E-state index is 9.99.